The highest BCUT2D eigenvalue weighted by molar-refractivity contribution is 7.65. The zero-order valence-corrected chi connectivity index (χ0v) is 8.88. The van der Waals surface area contributed by atoms with Gasteiger partial charge in [0.1, 0.15) is 12.8 Å². The van der Waals surface area contributed by atoms with E-state index < -0.39 is 18.8 Å². The summed E-state index contributed by atoms with van der Waals surface area (Å²) in [5.41, 5.74) is -0.854. The van der Waals surface area contributed by atoms with E-state index in [9.17, 15) is 9.36 Å². The van der Waals surface area contributed by atoms with Gasteiger partial charge in [-0.05, 0) is 12.3 Å². The highest BCUT2D eigenvalue weighted by Gasteiger charge is 2.34. The van der Waals surface area contributed by atoms with Crippen molar-refractivity contribution in [3.63, 3.8) is 0 Å². The molecular formula is C9H15O3P. The molecule has 0 saturated carbocycles. The largest absolute Gasteiger partial charge is 0.481 e. The molecule has 0 spiro atoms. The van der Waals surface area contributed by atoms with Crippen LogP contribution in [0.25, 0.3) is 0 Å². The van der Waals surface area contributed by atoms with E-state index in [0.717, 1.165) is 0 Å². The molecule has 1 N–H and O–H groups in total. The molecule has 74 valence electrons. The highest BCUT2D eigenvalue weighted by Crippen LogP contribution is 2.51. The van der Waals surface area contributed by atoms with Crippen LogP contribution in [0.3, 0.4) is 0 Å². The standard InChI is InChI=1S/C9H15O3P/c1-4-7-8(9(10)11)13(12,5-2)6-3/h1,8H,5-7H2,2-3H3,(H,10,11). The van der Waals surface area contributed by atoms with Gasteiger partial charge in [-0.2, -0.15) is 0 Å². The van der Waals surface area contributed by atoms with Crippen molar-refractivity contribution in [2.45, 2.75) is 25.9 Å². The minimum Gasteiger partial charge on any atom is -0.481 e. The molecule has 0 fully saturated rings. The number of aliphatic carboxylic acids is 1. The van der Waals surface area contributed by atoms with Crippen LogP contribution >= 0.6 is 7.14 Å². The maximum Gasteiger partial charge on any atom is 0.314 e. The molecule has 13 heavy (non-hydrogen) atoms. The van der Waals surface area contributed by atoms with Crippen LogP contribution in [0.4, 0.5) is 0 Å². The molecule has 0 aliphatic heterocycles. The third-order valence-corrected chi connectivity index (χ3v) is 5.92. The number of hydrogen-bond acceptors (Lipinski definition) is 2. The molecule has 0 aromatic rings. The van der Waals surface area contributed by atoms with Crippen LogP contribution in [0.15, 0.2) is 0 Å². The topological polar surface area (TPSA) is 54.4 Å². The third kappa shape index (κ3) is 2.90. The number of terminal acetylenes is 1. The molecule has 0 amide bonds. The van der Waals surface area contributed by atoms with Crippen LogP contribution in [0, 0.1) is 12.3 Å². The van der Waals surface area contributed by atoms with Gasteiger partial charge in [0.25, 0.3) is 0 Å². The summed E-state index contributed by atoms with van der Waals surface area (Å²) in [4.78, 5) is 10.8. The Balaban J connectivity index is 4.82. The van der Waals surface area contributed by atoms with Gasteiger partial charge < -0.3 is 9.67 Å². The average molecular weight is 202 g/mol. The van der Waals surface area contributed by atoms with E-state index in [2.05, 4.69) is 5.92 Å². The third-order valence-electron chi connectivity index (χ3n) is 2.23. The lowest BCUT2D eigenvalue weighted by atomic mass is 10.3. The molecule has 0 heterocycles. The summed E-state index contributed by atoms with van der Waals surface area (Å²) in [5.74, 6) is 1.23. The molecule has 1 atom stereocenters. The quantitative estimate of drug-likeness (QED) is 0.547. The zero-order valence-electron chi connectivity index (χ0n) is 7.99. The first-order valence-electron chi connectivity index (χ1n) is 4.25. The number of carboxylic acids is 1. The predicted molar refractivity (Wildman–Crippen MR) is 53.6 cm³/mol. The average Bonchev–Trinajstić information content (AvgIpc) is 2.12. The smallest absolute Gasteiger partial charge is 0.314 e. The van der Waals surface area contributed by atoms with Crippen LogP contribution < -0.4 is 0 Å². The first-order chi connectivity index (χ1) is 6.01. The number of carboxylic acid groups (broad SMARTS) is 1. The van der Waals surface area contributed by atoms with Crippen molar-refractivity contribution in [1.29, 1.82) is 0 Å². The van der Waals surface area contributed by atoms with Crippen molar-refractivity contribution in [3.05, 3.63) is 0 Å². The van der Waals surface area contributed by atoms with Gasteiger partial charge in [-0.1, -0.05) is 13.8 Å². The van der Waals surface area contributed by atoms with Gasteiger partial charge in [0.05, 0.1) is 0 Å². The fourth-order valence-electron chi connectivity index (χ4n) is 1.23. The van der Waals surface area contributed by atoms with E-state index in [0.29, 0.717) is 12.3 Å². The molecule has 0 aromatic carbocycles. The first-order valence-corrected chi connectivity index (χ1v) is 6.40. The Bertz CT molecular complexity index is 257. The Hall–Kier alpha value is -0.740. The lowest BCUT2D eigenvalue weighted by Gasteiger charge is -2.20. The maximum atomic E-state index is 12.0. The Kier molecular flexibility index (Phi) is 4.80. The lowest BCUT2D eigenvalue weighted by Crippen LogP contribution is -2.22. The van der Waals surface area contributed by atoms with Gasteiger partial charge in [0, 0.05) is 6.42 Å². The fourth-order valence-corrected chi connectivity index (χ4v) is 3.40. The highest BCUT2D eigenvalue weighted by atomic mass is 31.2. The van der Waals surface area contributed by atoms with Crippen LogP contribution in [0.1, 0.15) is 20.3 Å². The second-order valence-corrected chi connectivity index (χ2v) is 6.64. The van der Waals surface area contributed by atoms with Crippen molar-refractivity contribution in [2.24, 2.45) is 0 Å². The van der Waals surface area contributed by atoms with E-state index in [1.54, 1.807) is 13.8 Å². The molecule has 0 saturated heterocycles. The molecule has 0 aromatic heterocycles. The molecular weight excluding hydrogens is 187 g/mol. The Morgan fingerprint density at radius 2 is 2.00 bits per heavy atom. The Labute approximate surface area is 78.9 Å². The Morgan fingerprint density at radius 1 is 1.54 bits per heavy atom. The second kappa shape index (κ2) is 5.09. The van der Waals surface area contributed by atoms with Crippen LogP contribution in [-0.4, -0.2) is 29.1 Å². The van der Waals surface area contributed by atoms with Gasteiger partial charge in [0.15, 0.2) is 0 Å². The molecule has 3 nitrogen and oxygen atoms in total. The summed E-state index contributed by atoms with van der Waals surface area (Å²) in [6, 6.07) is 0. The minimum atomic E-state index is -2.61. The summed E-state index contributed by atoms with van der Waals surface area (Å²) in [5, 5.41) is 8.83. The van der Waals surface area contributed by atoms with Gasteiger partial charge in [-0.3, -0.25) is 4.79 Å². The zero-order chi connectivity index (χ0) is 10.5. The van der Waals surface area contributed by atoms with Crippen molar-refractivity contribution in [2.75, 3.05) is 12.3 Å². The van der Waals surface area contributed by atoms with Crippen molar-refractivity contribution in [1.82, 2.24) is 0 Å². The van der Waals surface area contributed by atoms with Crippen LogP contribution in [-0.2, 0) is 9.36 Å². The van der Waals surface area contributed by atoms with E-state index in [1.165, 1.54) is 0 Å². The van der Waals surface area contributed by atoms with Crippen molar-refractivity contribution >= 4 is 13.1 Å². The number of hydrogen-bond donors (Lipinski definition) is 1. The molecule has 1 unspecified atom stereocenters. The minimum absolute atomic E-state index is 0.0638. The first kappa shape index (κ1) is 12.3. The van der Waals surface area contributed by atoms with Crippen LogP contribution in [0.2, 0.25) is 0 Å². The molecule has 0 rings (SSSR count). The van der Waals surface area contributed by atoms with Gasteiger partial charge in [-0.25, -0.2) is 0 Å². The van der Waals surface area contributed by atoms with Crippen LogP contribution in [0.5, 0.6) is 0 Å². The van der Waals surface area contributed by atoms with Gasteiger partial charge >= 0.3 is 5.97 Å². The van der Waals surface area contributed by atoms with Gasteiger partial charge in [-0.15, -0.1) is 12.3 Å². The van der Waals surface area contributed by atoms with Crippen molar-refractivity contribution < 1.29 is 14.5 Å². The fraction of sp³-hybridized carbons (Fsp3) is 0.667. The summed E-state index contributed by atoms with van der Waals surface area (Å²) in [6.45, 7) is 3.49. The molecule has 4 heteroatoms. The van der Waals surface area contributed by atoms with E-state index in [1.807, 2.05) is 0 Å². The maximum absolute atomic E-state index is 12.0. The second-order valence-electron chi connectivity index (χ2n) is 2.85. The van der Waals surface area contributed by atoms with E-state index in [-0.39, 0.29) is 6.42 Å². The monoisotopic (exact) mass is 202 g/mol. The molecule has 0 bridgehead atoms. The van der Waals surface area contributed by atoms with E-state index in [4.69, 9.17) is 11.5 Å². The molecule has 0 aliphatic rings. The number of rotatable bonds is 5. The lowest BCUT2D eigenvalue weighted by molar-refractivity contribution is -0.136. The molecule has 0 aliphatic carbocycles. The van der Waals surface area contributed by atoms with E-state index >= 15 is 0 Å². The summed E-state index contributed by atoms with van der Waals surface area (Å²) < 4.78 is 12.0. The predicted octanol–water partition coefficient (Wildman–Crippen LogP) is 1.87. The van der Waals surface area contributed by atoms with Crippen molar-refractivity contribution in [3.8, 4) is 12.3 Å². The summed E-state index contributed by atoms with van der Waals surface area (Å²) in [7, 11) is -2.61. The normalized spacial score (nSPS) is 13.3. The Morgan fingerprint density at radius 3 is 2.23 bits per heavy atom. The summed E-state index contributed by atoms with van der Waals surface area (Å²) in [6.07, 6.45) is 5.91. The summed E-state index contributed by atoms with van der Waals surface area (Å²) >= 11 is 0. The molecule has 0 radical (unpaired) electrons. The number of carbonyl (C=O) groups is 1. The SMILES string of the molecule is C#CCC(C(=O)O)P(=O)(CC)CC. The van der Waals surface area contributed by atoms with Gasteiger partial charge in [0.2, 0.25) is 0 Å².